The third-order valence-corrected chi connectivity index (χ3v) is 5.33. The van der Waals surface area contributed by atoms with Crippen LogP contribution in [-0.2, 0) is 16.8 Å². The maximum atomic E-state index is 12.7. The number of carbonyl (C=O) groups excluding carboxylic acids is 1. The number of aromatic nitrogens is 6. The molecule has 2 aromatic heterocycles. The van der Waals surface area contributed by atoms with Gasteiger partial charge in [0.25, 0.3) is 0 Å². The Labute approximate surface area is 191 Å². The van der Waals surface area contributed by atoms with Crippen LogP contribution in [0, 0.1) is 0 Å². The van der Waals surface area contributed by atoms with Crippen molar-refractivity contribution in [2.45, 2.75) is 39.2 Å². The van der Waals surface area contributed by atoms with E-state index in [1.807, 2.05) is 55.5 Å². The maximum absolute atomic E-state index is 12.7. The van der Waals surface area contributed by atoms with Crippen LogP contribution in [0.25, 0.3) is 28.2 Å². The molecule has 2 heterocycles. The van der Waals surface area contributed by atoms with Gasteiger partial charge in [-0.3, -0.25) is 4.57 Å². The van der Waals surface area contributed by atoms with Gasteiger partial charge >= 0.3 is 5.97 Å². The highest BCUT2D eigenvalue weighted by molar-refractivity contribution is 5.90. The lowest BCUT2D eigenvalue weighted by molar-refractivity contribution is 0.0535. The van der Waals surface area contributed by atoms with Gasteiger partial charge in [-0.15, -0.1) is 10.2 Å². The summed E-state index contributed by atoms with van der Waals surface area (Å²) in [6.07, 6.45) is 1.47. The van der Waals surface area contributed by atoms with Crippen molar-refractivity contribution in [3.63, 3.8) is 0 Å². The molecule has 0 atom stereocenters. The molecular weight excluding hydrogens is 420 g/mol. The summed E-state index contributed by atoms with van der Waals surface area (Å²) < 4.78 is 6.82. The lowest BCUT2D eigenvalue weighted by Gasteiger charge is -2.17. The van der Waals surface area contributed by atoms with Gasteiger partial charge in [0, 0.05) is 17.7 Å². The van der Waals surface area contributed by atoms with Gasteiger partial charge in [0.2, 0.25) is 5.82 Å². The average Bonchev–Trinajstić information content (AvgIpc) is 3.47. The normalized spacial score (nSPS) is 11.5. The first-order valence-corrected chi connectivity index (χ1v) is 10.7. The molecule has 4 rings (SSSR count). The number of methoxy groups -OCH3 is 1. The van der Waals surface area contributed by atoms with Gasteiger partial charge in [-0.25, -0.2) is 9.78 Å². The Morgan fingerprint density at radius 1 is 1.12 bits per heavy atom. The van der Waals surface area contributed by atoms with Crippen LogP contribution < -0.4 is 0 Å². The van der Waals surface area contributed by atoms with Crippen LogP contribution in [0.15, 0.2) is 48.5 Å². The predicted molar refractivity (Wildman–Crippen MR) is 123 cm³/mol. The van der Waals surface area contributed by atoms with Gasteiger partial charge in [0.05, 0.1) is 7.11 Å². The quantitative estimate of drug-likeness (QED) is 0.416. The minimum Gasteiger partial charge on any atom is -0.464 e. The summed E-state index contributed by atoms with van der Waals surface area (Å²) in [5.74, 6) is 0.654. The van der Waals surface area contributed by atoms with Crippen molar-refractivity contribution in [1.82, 2.24) is 30.2 Å². The molecule has 0 bridgehead atoms. The van der Waals surface area contributed by atoms with Crippen molar-refractivity contribution in [3.05, 3.63) is 65.7 Å². The number of aromatic amines is 1. The summed E-state index contributed by atoms with van der Waals surface area (Å²) in [5.41, 5.74) is 2.74. The van der Waals surface area contributed by atoms with E-state index in [2.05, 4.69) is 25.6 Å². The van der Waals surface area contributed by atoms with Crippen molar-refractivity contribution in [2.24, 2.45) is 0 Å². The molecule has 0 aliphatic rings. The van der Waals surface area contributed by atoms with E-state index in [0.717, 1.165) is 28.8 Å². The van der Waals surface area contributed by atoms with Gasteiger partial charge in [-0.2, -0.15) is 5.21 Å². The Morgan fingerprint density at radius 2 is 1.82 bits per heavy atom. The monoisotopic (exact) mass is 446 g/mol. The van der Waals surface area contributed by atoms with Crippen molar-refractivity contribution in [2.75, 3.05) is 7.11 Å². The fourth-order valence-electron chi connectivity index (χ4n) is 3.84. The molecule has 0 saturated heterocycles. The number of hydrogen-bond donors (Lipinski definition) is 2. The van der Waals surface area contributed by atoms with Crippen LogP contribution in [0.1, 0.15) is 49.2 Å². The fourth-order valence-corrected chi connectivity index (χ4v) is 3.84. The zero-order valence-electron chi connectivity index (χ0n) is 19.0. The first kappa shape index (κ1) is 22.3. The molecule has 2 N–H and O–H groups in total. The molecule has 0 aliphatic heterocycles. The van der Waals surface area contributed by atoms with Crippen LogP contribution in [0.5, 0.6) is 0 Å². The maximum Gasteiger partial charge on any atom is 0.357 e. The summed E-state index contributed by atoms with van der Waals surface area (Å²) in [7, 11) is 1.32. The van der Waals surface area contributed by atoms with Crippen LogP contribution in [0.3, 0.4) is 0 Å². The summed E-state index contributed by atoms with van der Waals surface area (Å²) in [6, 6.07) is 15.6. The number of hydrogen-bond acceptors (Lipinski definition) is 7. The second kappa shape index (κ2) is 8.95. The average molecular weight is 447 g/mol. The highest BCUT2D eigenvalue weighted by Crippen LogP contribution is 2.32. The van der Waals surface area contributed by atoms with Gasteiger partial charge in [-0.05, 0) is 48.7 Å². The molecular formula is C24H26N6O3. The lowest BCUT2D eigenvalue weighted by atomic mass is 9.99. The summed E-state index contributed by atoms with van der Waals surface area (Å²) in [6.45, 7) is 5.26. The van der Waals surface area contributed by atoms with Crippen molar-refractivity contribution >= 4 is 5.97 Å². The molecule has 9 nitrogen and oxygen atoms in total. The number of aryl methyl sites for hydroxylation is 1. The number of nitrogens with one attached hydrogen (secondary N) is 1. The summed E-state index contributed by atoms with van der Waals surface area (Å²) in [4.78, 5) is 17.4. The SMILES string of the molecule is CCCc1nc(C(C)(C)O)c(C(=O)OC)n1-c1ccc(-c2ccccc2-c2nn[nH]n2)cc1. The van der Waals surface area contributed by atoms with Crippen LogP contribution in [0.2, 0.25) is 0 Å². The van der Waals surface area contributed by atoms with Gasteiger partial charge in [0.15, 0.2) is 5.69 Å². The smallest absolute Gasteiger partial charge is 0.357 e. The number of aliphatic hydroxyl groups is 1. The van der Waals surface area contributed by atoms with E-state index in [-0.39, 0.29) is 5.69 Å². The molecule has 0 aliphatic carbocycles. The predicted octanol–water partition coefficient (Wildman–Crippen LogP) is 3.69. The third kappa shape index (κ3) is 4.27. The van der Waals surface area contributed by atoms with E-state index >= 15 is 0 Å². The Balaban J connectivity index is 1.84. The number of esters is 1. The van der Waals surface area contributed by atoms with Crippen molar-refractivity contribution in [1.29, 1.82) is 0 Å². The molecule has 9 heteroatoms. The Bertz CT molecular complexity index is 1250. The highest BCUT2D eigenvalue weighted by Gasteiger charge is 2.32. The molecule has 0 radical (unpaired) electrons. The topological polar surface area (TPSA) is 119 Å². The zero-order valence-corrected chi connectivity index (χ0v) is 19.0. The lowest BCUT2D eigenvalue weighted by Crippen LogP contribution is -2.22. The molecule has 2 aromatic carbocycles. The molecule has 0 fully saturated rings. The van der Waals surface area contributed by atoms with Crippen LogP contribution in [-0.4, -0.2) is 48.4 Å². The second-order valence-electron chi connectivity index (χ2n) is 8.19. The van der Waals surface area contributed by atoms with Gasteiger partial charge in [0.1, 0.15) is 17.1 Å². The molecule has 33 heavy (non-hydrogen) atoms. The van der Waals surface area contributed by atoms with Crippen molar-refractivity contribution in [3.8, 4) is 28.2 Å². The largest absolute Gasteiger partial charge is 0.464 e. The van der Waals surface area contributed by atoms with E-state index in [1.54, 1.807) is 18.4 Å². The van der Waals surface area contributed by atoms with E-state index in [9.17, 15) is 9.90 Å². The number of H-pyrrole nitrogens is 1. The summed E-state index contributed by atoms with van der Waals surface area (Å²) >= 11 is 0. The van der Waals surface area contributed by atoms with E-state index in [4.69, 9.17) is 4.74 Å². The minimum absolute atomic E-state index is 0.230. The van der Waals surface area contributed by atoms with E-state index < -0.39 is 11.6 Å². The molecule has 0 saturated carbocycles. The summed E-state index contributed by atoms with van der Waals surface area (Å²) in [5, 5.41) is 25.0. The molecule has 0 amide bonds. The standard InChI is InChI=1S/C24H26N6O3/c1-5-8-19-25-21(24(2,3)32)20(23(31)33-4)30(19)16-13-11-15(12-14-16)17-9-6-7-10-18(17)22-26-28-29-27-22/h6-7,9-14,32H,5,8H2,1-4H3,(H,26,27,28,29). The van der Waals surface area contributed by atoms with E-state index in [0.29, 0.717) is 23.8 Å². The number of imidazole rings is 1. The van der Waals surface area contributed by atoms with Crippen LogP contribution in [0.4, 0.5) is 0 Å². The number of rotatable bonds is 7. The zero-order chi connectivity index (χ0) is 23.6. The minimum atomic E-state index is -1.30. The number of ether oxygens (including phenoxy) is 1. The highest BCUT2D eigenvalue weighted by atomic mass is 16.5. The number of benzene rings is 2. The first-order valence-electron chi connectivity index (χ1n) is 10.7. The van der Waals surface area contributed by atoms with Crippen LogP contribution >= 0.6 is 0 Å². The number of tetrazole rings is 1. The second-order valence-corrected chi connectivity index (χ2v) is 8.19. The fraction of sp³-hybridized carbons (Fsp3) is 0.292. The molecule has 170 valence electrons. The van der Waals surface area contributed by atoms with Gasteiger partial charge in [-0.1, -0.05) is 43.3 Å². The molecule has 4 aromatic rings. The first-order chi connectivity index (χ1) is 15.8. The number of carbonyl (C=O) groups is 1. The third-order valence-electron chi connectivity index (χ3n) is 5.33. The number of nitrogens with zero attached hydrogens (tertiary/aromatic N) is 5. The Kier molecular flexibility index (Phi) is 6.06. The van der Waals surface area contributed by atoms with Gasteiger partial charge < -0.3 is 9.84 Å². The Hall–Kier alpha value is -3.85. The molecule has 0 spiro atoms. The molecule has 0 unspecified atom stereocenters. The Morgan fingerprint density at radius 3 is 2.39 bits per heavy atom. The van der Waals surface area contributed by atoms with Crippen molar-refractivity contribution < 1.29 is 14.6 Å². The van der Waals surface area contributed by atoms with E-state index in [1.165, 1.54) is 7.11 Å².